The molecule has 1 atom stereocenters. The Hall–Kier alpha value is -1.62. The Bertz CT molecular complexity index is 393. The molecule has 0 radical (unpaired) electrons. The average molecular weight is 220 g/mol. The molecule has 0 amide bonds. The van der Waals surface area contributed by atoms with Crippen LogP contribution in [0.1, 0.15) is 12.5 Å². The summed E-state index contributed by atoms with van der Waals surface area (Å²) >= 11 is 0. The third kappa shape index (κ3) is 1.99. The van der Waals surface area contributed by atoms with Crippen LogP contribution in [0.4, 0.5) is 5.82 Å². The molecule has 0 saturated carbocycles. The van der Waals surface area contributed by atoms with Crippen LogP contribution in [0.3, 0.4) is 0 Å². The van der Waals surface area contributed by atoms with Gasteiger partial charge < -0.3 is 15.4 Å². The first kappa shape index (κ1) is 10.9. The van der Waals surface area contributed by atoms with E-state index >= 15 is 0 Å². The molecule has 2 rings (SSSR count). The third-order valence-electron chi connectivity index (χ3n) is 2.72. The van der Waals surface area contributed by atoms with E-state index < -0.39 is 0 Å². The Balaban J connectivity index is 2.34. The molecule has 16 heavy (non-hydrogen) atoms. The minimum atomic E-state index is 0.0572. The second kappa shape index (κ2) is 4.49. The van der Waals surface area contributed by atoms with E-state index in [2.05, 4.69) is 16.8 Å². The van der Waals surface area contributed by atoms with Gasteiger partial charge in [-0.2, -0.15) is 0 Å². The predicted molar refractivity (Wildman–Crippen MR) is 62.9 cm³/mol. The number of nitrogens with two attached hydrogens (primary N) is 1. The van der Waals surface area contributed by atoms with Gasteiger partial charge in [0.1, 0.15) is 11.7 Å². The number of hydrogen-bond donors (Lipinski definition) is 2. The lowest BCUT2D eigenvalue weighted by Crippen LogP contribution is -2.45. The van der Waals surface area contributed by atoms with Crippen LogP contribution >= 0.6 is 0 Å². The summed E-state index contributed by atoms with van der Waals surface area (Å²) in [5, 5.41) is 7.54. The Morgan fingerprint density at radius 2 is 2.50 bits per heavy atom. The van der Waals surface area contributed by atoms with Crippen molar-refractivity contribution in [1.82, 2.24) is 4.98 Å². The fourth-order valence-electron chi connectivity index (χ4n) is 1.88. The van der Waals surface area contributed by atoms with Crippen molar-refractivity contribution in [3.05, 3.63) is 23.9 Å². The van der Waals surface area contributed by atoms with E-state index in [0.717, 1.165) is 12.4 Å². The normalized spacial score (nSPS) is 20.8. The van der Waals surface area contributed by atoms with Crippen LogP contribution in [-0.4, -0.2) is 36.6 Å². The smallest absolute Gasteiger partial charge is 0.139 e. The van der Waals surface area contributed by atoms with Gasteiger partial charge in [0.2, 0.25) is 0 Å². The Morgan fingerprint density at radius 3 is 3.19 bits per heavy atom. The molecular formula is C11H16N4O. The molecule has 3 N–H and O–H groups in total. The van der Waals surface area contributed by atoms with Gasteiger partial charge in [-0.05, 0) is 19.1 Å². The topological polar surface area (TPSA) is 75.2 Å². The highest BCUT2D eigenvalue weighted by molar-refractivity contribution is 5.99. The van der Waals surface area contributed by atoms with Crippen molar-refractivity contribution < 1.29 is 4.74 Å². The lowest BCUT2D eigenvalue weighted by atomic mass is 10.2. The van der Waals surface area contributed by atoms with E-state index in [1.54, 1.807) is 12.3 Å². The second-order valence-electron chi connectivity index (χ2n) is 3.91. The zero-order valence-electron chi connectivity index (χ0n) is 9.31. The number of aromatic nitrogens is 1. The molecule has 0 bridgehead atoms. The number of nitrogen functional groups attached to an aromatic ring is 1. The van der Waals surface area contributed by atoms with Crippen LogP contribution in [0.5, 0.6) is 0 Å². The van der Waals surface area contributed by atoms with Crippen molar-refractivity contribution in [3.63, 3.8) is 0 Å². The number of nitrogens with one attached hydrogen (secondary N) is 1. The predicted octanol–water partition coefficient (Wildman–Crippen LogP) is 0.591. The van der Waals surface area contributed by atoms with E-state index in [4.69, 9.17) is 15.9 Å². The summed E-state index contributed by atoms with van der Waals surface area (Å²) in [6, 6.07) is 3.89. The van der Waals surface area contributed by atoms with Crippen molar-refractivity contribution in [2.24, 2.45) is 5.73 Å². The maximum atomic E-state index is 7.54. The van der Waals surface area contributed by atoms with Gasteiger partial charge in [0.25, 0.3) is 0 Å². The van der Waals surface area contributed by atoms with Crippen LogP contribution in [-0.2, 0) is 4.74 Å². The highest BCUT2D eigenvalue weighted by atomic mass is 16.5. The minimum Gasteiger partial charge on any atom is -0.384 e. The molecule has 0 aliphatic carbocycles. The van der Waals surface area contributed by atoms with E-state index in [-0.39, 0.29) is 11.9 Å². The standard InChI is InChI=1S/C11H16N4O/c1-8-7-16-6-5-15(8)11-9(10(12)13)3-2-4-14-11/h2-4,8H,5-7H2,1H3,(H3,12,13). The van der Waals surface area contributed by atoms with Gasteiger partial charge in [-0.15, -0.1) is 0 Å². The first-order valence-corrected chi connectivity index (χ1v) is 5.34. The highest BCUT2D eigenvalue weighted by Gasteiger charge is 2.22. The first-order chi connectivity index (χ1) is 7.70. The van der Waals surface area contributed by atoms with Gasteiger partial charge in [0.15, 0.2) is 0 Å². The van der Waals surface area contributed by atoms with Crippen molar-refractivity contribution >= 4 is 11.7 Å². The average Bonchev–Trinajstić information content (AvgIpc) is 2.29. The van der Waals surface area contributed by atoms with Crippen LogP contribution in [0.2, 0.25) is 0 Å². The largest absolute Gasteiger partial charge is 0.384 e. The van der Waals surface area contributed by atoms with Crippen LogP contribution in [0.25, 0.3) is 0 Å². The molecule has 1 aliphatic heterocycles. The van der Waals surface area contributed by atoms with E-state index in [1.165, 1.54) is 0 Å². The molecule has 1 fully saturated rings. The zero-order chi connectivity index (χ0) is 11.5. The monoisotopic (exact) mass is 220 g/mol. The molecule has 1 aromatic rings. The summed E-state index contributed by atoms with van der Waals surface area (Å²) in [6.07, 6.45) is 1.73. The molecule has 1 aromatic heterocycles. The maximum absolute atomic E-state index is 7.54. The van der Waals surface area contributed by atoms with Crippen molar-refractivity contribution in [1.29, 1.82) is 5.41 Å². The number of nitrogens with zero attached hydrogens (tertiary/aromatic N) is 2. The van der Waals surface area contributed by atoms with Crippen LogP contribution in [0, 0.1) is 5.41 Å². The summed E-state index contributed by atoms with van der Waals surface area (Å²) in [6.45, 7) is 4.25. The molecule has 1 aliphatic rings. The maximum Gasteiger partial charge on any atom is 0.139 e. The molecule has 2 heterocycles. The number of hydrogen-bond acceptors (Lipinski definition) is 4. The van der Waals surface area contributed by atoms with Gasteiger partial charge in [0.05, 0.1) is 24.8 Å². The Labute approximate surface area is 94.7 Å². The minimum absolute atomic E-state index is 0.0572. The Morgan fingerprint density at radius 1 is 1.69 bits per heavy atom. The number of anilines is 1. The highest BCUT2D eigenvalue weighted by Crippen LogP contribution is 2.20. The summed E-state index contributed by atoms with van der Waals surface area (Å²) < 4.78 is 5.38. The fourth-order valence-corrected chi connectivity index (χ4v) is 1.88. The molecule has 86 valence electrons. The number of pyridine rings is 1. The lowest BCUT2D eigenvalue weighted by molar-refractivity contribution is 0.0985. The van der Waals surface area contributed by atoms with E-state index in [0.29, 0.717) is 18.8 Å². The zero-order valence-corrected chi connectivity index (χ0v) is 9.31. The molecule has 1 saturated heterocycles. The summed E-state index contributed by atoms with van der Waals surface area (Å²) in [7, 11) is 0. The SMILES string of the molecule is CC1COCCN1c1ncccc1C(=N)N. The van der Waals surface area contributed by atoms with E-state index in [1.807, 2.05) is 6.07 Å². The fraction of sp³-hybridized carbons (Fsp3) is 0.455. The molecule has 0 spiro atoms. The molecule has 5 heteroatoms. The summed E-state index contributed by atoms with van der Waals surface area (Å²) in [5.41, 5.74) is 6.24. The lowest BCUT2D eigenvalue weighted by Gasteiger charge is -2.35. The van der Waals surface area contributed by atoms with Gasteiger partial charge in [-0.3, -0.25) is 5.41 Å². The summed E-state index contributed by atoms with van der Waals surface area (Å²) in [4.78, 5) is 6.46. The van der Waals surface area contributed by atoms with Crippen molar-refractivity contribution in [2.45, 2.75) is 13.0 Å². The second-order valence-corrected chi connectivity index (χ2v) is 3.91. The van der Waals surface area contributed by atoms with Crippen molar-refractivity contribution in [3.8, 4) is 0 Å². The first-order valence-electron chi connectivity index (χ1n) is 5.34. The molecule has 0 aromatic carbocycles. The third-order valence-corrected chi connectivity index (χ3v) is 2.72. The van der Waals surface area contributed by atoms with Crippen LogP contribution in [0.15, 0.2) is 18.3 Å². The van der Waals surface area contributed by atoms with Gasteiger partial charge in [0, 0.05) is 12.7 Å². The number of ether oxygens (including phenoxy) is 1. The number of amidine groups is 1. The summed E-state index contributed by atoms with van der Waals surface area (Å²) in [5.74, 6) is 0.840. The van der Waals surface area contributed by atoms with Gasteiger partial charge in [-0.25, -0.2) is 4.98 Å². The van der Waals surface area contributed by atoms with Crippen molar-refractivity contribution in [2.75, 3.05) is 24.7 Å². The van der Waals surface area contributed by atoms with Crippen LogP contribution < -0.4 is 10.6 Å². The Kier molecular flexibility index (Phi) is 3.05. The van der Waals surface area contributed by atoms with E-state index in [9.17, 15) is 0 Å². The molecular weight excluding hydrogens is 204 g/mol. The quantitative estimate of drug-likeness (QED) is 0.565. The van der Waals surface area contributed by atoms with Gasteiger partial charge >= 0.3 is 0 Å². The number of rotatable bonds is 2. The molecule has 1 unspecified atom stereocenters. The number of morpholine rings is 1. The molecule has 5 nitrogen and oxygen atoms in total. The van der Waals surface area contributed by atoms with Gasteiger partial charge in [-0.1, -0.05) is 0 Å².